The number of hydrogen-bond acceptors (Lipinski definition) is 15. The first kappa shape index (κ1) is 95.1. The first-order valence-corrected chi connectivity index (χ1v) is 43.8. The van der Waals surface area contributed by atoms with E-state index >= 15 is 0 Å². The largest absolute Gasteiger partial charge is 0.472 e. The molecule has 3 N–H and O–H groups in total. The molecule has 0 heterocycles. The number of phosphoric ester groups is 2. The van der Waals surface area contributed by atoms with E-state index < -0.39 is 97.5 Å². The van der Waals surface area contributed by atoms with Crippen LogP contribution < -0.4 is 0 Å². The summed E-state index contributed by atoms with van der Waals surface area (Å²) >= 11 is 0. The van der Waals surface area contributed by atoms with E-state index in [0.29, 0.717) is 25.7 Å². The molecule has 0 fully saturated rings. The van der Waals surface area contributed by atoms with Gasteiger partial charge in [0.25, 0.3) is 0 Å². The Labute approximate surface area is 594 Å². The number of phosphoric acid groups is 2. The zero-order valence-electron chi connectivity index (χ0n) is 63.1. The van der Waals surface area contributed by atoms with Gasteiger partial charge in [-0.1, -0.05) is 368 Å². The predicted molar refractivity (Wildman–Crippen MR) is 395 cm³/mol. The van der Waals surface area contributed by atoms with Crippen LogP contribution in [-0.2, 0) is 65.4 Å². The molecular weight excluding hydrogens is 1270 g/mol. The molecule has 0 aliphatic rings. The van der Waals surface area contributed by atoms with Gasteiger partial charge in [0.05, 0.1) is 26.4 Å². The summed E-state index contributed by atoms with van der Waals surface area (Å²) in [5.74, 6) is -2.11. The van der Waals surface area contributed by atoms with Crippen LogP contribution in [0, 0.1) is 0 Å². The van der Waals surface area contributed by atoms with Crippen molar-refractivity contribution in [3.05, 3.63) is 0 Å². The van der Waals surface area contributed by atoms with Gasteiger partial charge in [-0.3, -0.25) is 37.3 Å². The lowest BCUT2D eigenvalue weighted by Crippen LogP contribution is -2.30. The van der Waals surface area contributed by atoms with Crippen LogP contribution in [0.5, 0.6) is 0 Å². The highest BCUT2D eigenvalue weighted by Crippen LogP contribution is 2.45. The SMILES string of the molecule is CCCCCCCCCCCCCCCCCCCCCCCC(=O)O[C@H](COC(=O)CCCCCCCCCCCCCCCCCCC)COP(=O)(O)OC[C@@H](O)COP(=O)(O)OC[C@@H](COC(=O)CCCCCCCCC)OC(=O)CCCCCCCCCCCCCC. The van der Waals surface area contributed by atoms with E-state index in [4.69, 9.17) is 37.0 Å². The Balaban J connectivity index is 5.16. The van der Waals surface area contributed by atoms with Crippen molar-refractivity contribution in [2.24, 2.45) is 0 Å². The average Bonchev–Trinajstić information content (AvgIpc) is 1.10. The minimum Gasteiger partial charge on any atom is -0.462 e. The number of esters is 4. The topological polar surface area (TPSA) is 237 Å². The van der Waals surface area contributed by atoms with Gasteiger partial charge in [0.15, 0.2) is 12.2 Å². The van der Waals surface area contributed by atoms with Gasteiger partial charge in [0, 0.05) is 25.7 Å². The van der Waals surface area contributed by atoms with E-state index in [9.17, 15) is 43.2 Å². The molecule has 17 nitrogen and oxygen atoms in total. The number of ether oxygens (including phenoxy) is 4. The Morgan fingerprint density at radius 2 is 0.412 bits per heavy atom. The number of rotatable bonds is 79. The third kappa shape index (κ3) is 72.2. The molecule has 0 bridgehead atoms. The minimum absolute atomic E-state index is 0.108. The van der Waals surface area contributed by atoms with Gasteiger partial charge < -0.3 is 33.8 Å². The molecule has 97 heavy (non-hydrogen) atoms. The monoisotopic (exact) mass is 1420 g/mol. The quantitative estimate of drug-likeness (QED) is 0.0222. The summed E-state index contributed by atoms with van der Waals surface area (Å²) in [7, 11) is -9.90. The lowest BCUT2D eigenvalue weighted by molar-refractivity contribution is -0.161. The summed E-state index contributed by atoms with van der Waals surface area (Å²) in [6.07, 6.45) is 64.0. The number of hydrogen-bond donors (Lipinski definition) is 3. The summed E-state index contributed by atoms with van der Waals surface area (Å²) in [6.45, 7) is 4.96. The van der Waals surface area contributed by atoms with Gasteiger partial charge in [-0.05, 0) is 25.7 Å². The third-order valence-corrected chi connectivity index (χ3v) is 20.3. The van der Waals surface area contributed by atoms with E-state index in [1.165, 1.54) is 238 Å². The van der Waals surface area contributed by atoms with Crippen LogP contribution in [0.4, 0.5) is 0 Å². The van der Waals surface area contributed by atoms with Crippen molar-refractivity contribution < 1.29 is 80.2 Å². The van der Waals surface area contributed by atoms with Crippen LogP contribution >= 0.6 is 15.6 Å². The second-order valence-electron chi connectivity index (χ2n) is 28.1. The molecule has 2 unspecified atom stereocenters. The van der Waals surface area contributed by atoms with Crippen molar-refractivity contribution in [1.82, 2.24) is 0 Å². The van der Waals surface area contributed by atoms with Gasteiger partial charge in [-0.2, -0.15) is 0 Å². The summed E-state index contributed by atoms with van der Waals surface area (Å²) in [5, 5.41) is 10.6. The number of carbonyl (C=O) groups excluding carboxylic acids is 4. The standard InChI is InChI=1S/C78H152O17P2/c1-5-9-13-17-21-24-27-30-32-34-35-36-37-39-41-43-46-49-53-57-61-65-78(83)95-74(69-89-76(81)63-59-55-51-47-45-42-40-38-33-31-28-25-22-18-14-10-6-2)71-93-97(86,87)91-67-72(79)66-90-96(84,85)92-70-73(68-88-75(80)62-58-54-50-20-16-12-8-4)94-77(82)64-60-56-52-48-44-29-26-23-19-15-11-7-3/h72-74,79H,5-71H2,1-4H3,(H,84,85)(H,86,87)/t72-,73+,74+/m0/s1. The molecule has 576 valence electrons. The van der Waals surface area contributed by atoms with Crippen molar-refractivity contribution in [3.63, 3.8) is 0 Å². The molecule has 0 saturated heterocycles. The molecule has 0 aromatic heterocycles. The normalized spacial score (nSPS) is 13.8. The maximum absolute atomic E-state index is 13.1. The molecule has 0 aromatic carbocycles. The van der Waals surface area contributed by atoms with Crippen LogP contribution in [0.2, 0.25) is 0 Å². The molecule has 19 heteroatoms. The van der Waals surface area contributed by atoms with E-state index in [1.807, 2.05) is 0 Å². The highest BCUT2D eigenvalue weighted by atomic mass is 31.2. The Hall–Kier alpha value is -1.94. The fourth-order valence-electron chi connectivity index (χ4n) is 12.1. The molecule has 5 atom stereocenters. The highest BCUT2D eigenvalue weighted by molar-refractivity contribution is 7.47. The number of carbonyl (C=O) groups is 4. The second kappa shape index (κ2) is 72.4. The first-order chi connectivity index (χ1) is 47.2. The lowest BCUT2D eigenvalue weighted by atomic mass is 10.0. The van der Waals surface area contributed by atoms with Crippen molar-refractivity contribution in [1.29, 1.82) is 0 Å². The summed E-state index contributed by atoms with van der Waals surface area (Å²) < 4.78 is 68.5. The number of aliphatic hydroxyl groups is 1. The number of aliphatic hydroxyl groups excluding tert-OH is 1. The molecule has 0 radical (unpaired) electrons. The molecule has 0 amide bonds. The second-order valence-corrected chi connectivity index (χ2v) is 31.0. The van der Waals surface area contributed by atoms with E-state index in [0.717, 1.165) is 103 Å². The summed E-state index contributed by atoms with van der Waals surface area (Å²) in [5.41, 5.74) is 0. The van der Waals surface area contributed by atoms with Crippen molar-refractivity contribution in [3.8, 4) is 0 Å². The molecule has 0 rings (SSSR count). The van der Waals surface area contributed by atoms with Crippen LogP contribution in [-0.4, -0.2) is 96.7 Å². The lowest BCUT2D eigenvalue weighted by Gasteiger charge is -2.21. The van der Waals surface area contributed by atoms with Crippen LogP contribution in [0.3, 0.4) is 0 Å². The third-order valence-electron chi connectivity index (χ3n) is 18.4. The molecule has 0 aromatic rings. The summed E-state index contributed by atoms with van der Waals surface area (Å²) in [6, 6.07) is 0. The molecule has 0 saturated carbocycles. The van der Waals surface area contributed by atoms with E-state index in [1.54, 1.807) is 0 Å². The minimum atomic E-state index is -4.96. The Kier molecular flexibility index (Phi) is 71.0. The fourth-order valence-corrected chi connectivity index (χ4v) is 13.7. The van der Waals surface area contributed by atoms with Crippen molar-refractivity contribution in [2.75, 3.05) is 39.6 Å². The van der Waals surface area contributed by atoms with E-state index in [2.05, 4.69) is 27.7 Å². The van der Waals surface area contributed by atoms with Crippen molar-refractivity contribution >= 4 is 39.5 Å². The van der Waals surface area contributed by atoms with Crippen LogP contribution in [0.25, 0.3) is 0 Å². The van der Waals surface area contributed by atoms with Gasteiger partial charge in [0.1, 0.15) is 19.3 Å². The first-order valence-electron chi connectivity index (χ1n) is 40.8. The van der Waals surface area contributed by atoms with Crippen LogP contribution in [0.15, 0.2) is 0 Å². The smallest absolute Gasteiger partial charge is 0.462 e. The average molecular weight is 1420 g/mol. The van der Waals surface area contributed by atoms with E-state index in [-0.39, 0.29) is 25.7 Å². The zero-order valence-corrected chi connectivity index (χ0v) is 64.8. The molecule has 0 spiro atoms. The summed E-state index contributed by atoms with van der Waals surface area (Å²) in [4.78, 5) is 72.7. The van der Waals surface area contributed by atoms with Gasteiger partial charge in [-0.15, -0.1) is 0 Å². The van der Waals surface area contributed by atoms with Gasteiger partial charge >= 0.3 is 39.5 Å². The Bertz CT molecular complexity index is 1840. The van der Waals surface area contributed by atoms with Crippen molar-refractivity contribution in [2.45, 2.75) is 438 Å². The molecule has 0 aliphatic carbocycles. The van der Waals surface area contributed by atoms with Gasteiger partial charge in [-0.25, -0.2) is 9.13 Å². The highest BCUT2D eigenvalue weighted by Gasteiger charge is 2.30. The maximum atomic E-state index is 13.1. The van der Waals surface area contributed by atoms with Crippen LogP contribution in [0.1, 0.15) is 419 Å². The Morgan fingerprint density at radius 1 is 0.247 bits per heavy atom. The van der Waals surface area contributed by atoms with Gasteiger partial charge in [0.2, 0.25) is 0 Å². The zero-order chi connectivity index (χ0) is 71.1. The fraction of sp³-hybridized carbons (Fsp3) is 0.949. The number of unbranched alkanes of at least 4 members (excludes halogenated alkanes) is 53. The molecular formula is C78H152O17P2. The Morgan fingerprint density at radius 3 is 0.608 bits per heavy atom. The molecule has 0 aliphatic heterocycles. The predicted octanol–water partition coefficient (Wildman–Crippen LogP) is 23.4. The maximum Gasteiger partial charge on any atom is 0.472 e.